The Balaban J connectivity index is 1.80. The highest BCUT2D eigenvalue weighted by molar-refractivity contribution is 5.89. The fourth-order valence-corrected chi connectivity index (χ4v) is 2.32. The zero-order valence-electron chi connectivity index (χ0n) is 12.3. The van der Waals surface area contributed by atoms with Crippen LogP contribution in [-0.4, -0.2) is 62.3 Å². The summed E-state index contributed by atoms with van der Waals surface area (Å²) in [7, 11) is 1.71. The zero-order chi connectivity index (χ0) is 14.4. The lowest BCUT2D eigenvalue weighted by Crippen LogP contribution is -2.50. The third-order valence-corrected chi connectivity index (χ3v) is 3.54. The maximum atomic E-state index is 12.2. The van der Waals surface area contributed by atoms with Crippen molar-refractivity contribution in [1.29, 1.82) is 0 Å². The minimum absolute atomic E-state index is 0.0120. The number of ether oxygens (including phenoxy) is 1. The van der Waals surface area contributed by atoms with Crippen molar-refractivity contribution in [1.82, 2.24) is 9.80 Å². The molecule has 2 amide bonds. The van der Waals surface area contributed by atoms with Gasteiger partial charge in [-0.1, -0.05) is 12.1 Å². The van der Waals surface area contributed by atoms with Crippen molar-refractivity contribution in [2.24, 2.45) is 0 Å². The predicted octanol–water partition coefficient (Wildman–Crippen LogP) is 1.79. The highest BCUT2D eigenvalue weighted by Gasteiger charge is 2.20. The summed E-state index contributed by atoms with van der Waals surface area (Å²) < 4.78 is 5.07. The number of hydrogen-bond acceptors (Lipinski definition) is 3. The molecule has 1 aromatic rings. The summed E-state index contributed by atoms with van der Waals surface area (Å²) in [5.41, 5.74) is 2.00. The Morgan fingerprint density at radius 3 is 2.70 bits per heavy atom. The largest absolute Gasteiger partial charge is 0.383 e. The number of nitrogens with one attached hydrogen (secondary N) is 1. The molecule has 2 rings (SSSR count). The van der Waals surface area contributed by atoms with E-state index < -0.39 is 0 Å². The number of benzene rings is 1. The van der Waals surface area contributed by atoms with Gasteiger partial charge < -0.3 is 15.0 Å². The minimum atomic E-state index is -0.0120. The van der Waals surface area contributed by atoms with Crippen LogP contribution in [-0.2, 0) is 4.74 Å². The molecule has 0 saturated carbocycles. The number of nitrogens with zero attached hydrogens (tertiary/aromatic N) is 2. The second-order valence-electron chi connectivity index (χ2n) is 5.12. The van der Waals surface area contributed by atoms with Gasteiger partial charge in [-0.3, -0.25) is 4.90 Å². The standard InChI is InChI=1S/C15H23N3O2/c1-13-4-3-5-14(12-13)16-15(19)18-8-6-17(7-9-18)10-11-20-2/h3-5,12H,6-11H2,1-2H3,(H,16,19). The zero-order valence-corrected chi connectivity index (χ0v) is 12.3. The van der Waals surface area contributed by atoms with Gasteiger partial charge in [0, 0.05) is 45.5 Å². The third-order valence-electron chi connectivity index (χ3n) is 3.54. The first-order valence-electron chi connectivity index (χ1n) is 7.03. The maximum absolute atomic E-state index is 12.2. The smallest absolute Gasteiger partial charge is 0.321 e. The minimum Gasteiger partial charge on any atom is -0.383 e. The topological polar surface area (TPSA) is 44.8 Å². The van der Waals surface area contributed by atoms with E-state index in [1.165, 1.54) is 0 Å². The highest BCUT2D eigenvalue weighted by Crippen LogP contribution is 2.11. The molecule has 1 aromatic carbocycles. The van der Waals surface area contributed by atoms with Crippen LogP contribution in [0, 0.1) is 6.92 Å². The number of methoxy groups -OCH3 is 1. The summed E-state index contributed by atoms with van der Waals surface area (Å²) in [5, 5.41) is 2.95. The first-order chi connectivity index (χ1) is 9.69. The van der Waals surface area contributed by atoms with Gasteiger partial charge in [-0.05, 0) is 24.6 Å². The van der Waals surface area contributed by atoms with Crippen LogP contribution in [0.25, 0.3) is 0 Å². The summed E-state index contributed by atoms with van der Waals surface area (Å²) in [5.74, 6) is 0. The van der Waals surface area contributed by atoms with Gasteiger partial charge in [0.15, 0.2) is 0 Å². The van der Waals surface area contributed by atoms with Gasteiger partial charge in [-0.15, -0.1) is 0 Å². The first-order valence-corrected chi connectivity index (χ1v) is 7.03. The number of rotatable bonds is 4. The van der Waals surface area contributed by atoms with E-state index >= 15 is 0 Å². The van der Waals surface area contributed by atoms with E-state index in [-0.39, 0.29) is 6.03 Å². The van der Waals surface area contributed by atoms with Gasteiger partial charge in [0.1, 0.15) is 0 Å². The van der Waals surface area contributed by atoms with E-state index in [1.807, 2.05) is 36.1 Å². The molecule has 1 saturated heterocycles. The van der Waals surface area contributed by atoms with Crippen LogP contribution in [0.15, 0.2) is 24.3 Å². The molecule has 1 fully saturated rings. The molecule has 5 heteroatoms. The first kappa shape index (κ1) is 14.8. The van der Waals surface area contributed by atoms with Gasteiger partial charge in [-0.2, -0.15) is 0 Å². The van der Waals surface area contributed by atoms with Crippen molar-refractivity contribution in [2.45, 2.75) is 6.92 Å². The number of urea groups is 1. The molecule has 1 aliphatic rings. The summed E-state index contributed by atoms with van der Waals surface area (Å²) >= 11 is 0. The number of aryl methyl sites for hydroxylation is 1. The lowest BCUT2D eigenvalue weighted by molar-refractivity contribution is 0.109. The predicted molar refractivity (Wildman–Crippen MR) is 80.1 cm³/mol. The van der Waals surface area contributed by atoms with Crippen molar-refractivity contribution >= 4 is 11.7 Å². The van der Waals surface area contributed by atoms with E-state index in [9.17, 15) is 4.79 Å². The summed E-state index contributed by atoms with van der Waals surface area (Å²) in [4.78, 5) is 16.4. The summed E-state index contributed by atoms with van der Waals surface area (Å²) in [6, 6.07) is 7.85. The molecular formula is C15H23N3O2. The number of carbonyl (C=O) groups is 1. The molecule has 1 heterocycles. The molecule has 0 radical (unpaired) electrons. The Kier molecular flexibility index (Phi) is 5.38. The van der Waals surface area contributed by atoms with Crippen LogP contribution in [0.5, 0.6) is 0 Å². The van der Waals surface area contributed by atoms with E-state index in [0.29, 0.717) is 0 Å². The molecule has 0 bridgehead atoms. The van der Waals surface area contributed by atoms with Crippen LogP contribution in [0.1, 0.15) is 5.56 Å². The fraction of sp³-hybridized carbons (Fsp3) is 0.533. The number of hydrogen-bond donors (Lipinski definition) is 1. The van der Waals surface area contributed by atoms with Gasteiger partial charge in [-0.25, -0.2) is 4.79 Å². The molecule has 0 aliphatic carbocycles. The average Bonchev–Trinajstić information content (AvgIpc) is 2.45. The Morgan fingerprint density at radius 1 is 1.30 bits per heavy atom. The maximum Gasteiger partial charge on any atom is 0.321 e. The molecule has 0 aromatic heterocycles. The monoisotopic (exact) mass is 277 g/mol. The van der Waals surface area contributed by atoms with Crippen LogP contribution in [0.4, 0.5) is 10.5 Å². The molecule has 0 atom stereocenters. The molecule has 5 nitrogen and oxygen atoms in total. The number of amides is 2. The molecule has 0 unspecified atom stereocenters. The number of carbonyl (C=O) groups excluding carboxylic acids is 1. The third kappa shape index (κ3) is 4.21. The van der Waals surface area contributed by atoms with Crippen LogP contribution >= 0.6 is 0 Å². The van der Waals surface area contributed by atoms with E-state index in [4.69, 9.17) is 4.74 Å². The second kappa shape index (κ2) is 7.26. The lowest BCUT2D eigenvalue weighted by atomic mass is 10.2. The SMILES string of the molecule is COCCN1CCN(C(=O)Nc2cccc(C)c2)CC1. The average molecular weight is 277 g/mol. The quantitative estimate of drug-likeness (QED) is 0.912. The van der Waals surface area contributed by atoms with Crippen LogP contribution < -0.4 is 5.32 Å². The molecule has 0 spiro atoms. The second-order valence-corrected chi connectivity index (χ2v) is 5.12. The van der Waals surface area contributed by atoms with E-state index in [1.54, 1.807) is 7.11 Å². The van der Waals surface area contributed by atoms with Gasteiger partial charge in [0.2, 0.25) is 0 Å². The van der Waals surface area contributed by atoms with Crippen molar-refractivity contribution in [3.63, 3.8) is 0 Å². The van der Waals surface area contributed by atoms with E-state index in [0.717, 1.165) is 50.6 Å². The van der Waals surface area contributed by atoms with Gasteiger partial charge in [0.25, 0.3) is 0 Å². The summed E-state index contributed by atoms with van der Waals surface area (Å²) in [6.07, 6.45) is 0. The number of anilines is 1. The van der Waals surface area contributed by atoms with E-state index in [2.05, 4.69) is 10.2 Å². The Hall–Kier alpha value is -1.59. The van der Waals surface area contributed by atoms with Crippen LogP contribution in [0.2, 0.25) is 0 Å². The van der Waals surface area contributed by atoms with Crippen molar-refractivity contribution in [2.75, 3.05) is 51.8 Å². The highest BCUT2D eigenvalue weighted by atomic mass is 16.5. The van der Waals surface area contributed by atoms with Gasteiger partial charge in [0.05, 0.1) is 6.61 Å². The van der Waals surface area contributed by atoms with Crippen molar-refractivity contribution in [3.05, 3.63) is 29.8 Å². The number of piperazine rings is 1. The van der Waals surface area contributed by atoms with Crippen molar-refractivity contribution in [3.8, 4) is 0 Å². The summed E-state index contributed by atoms with van der Waals surface area (Å²) in [6.45, 7) is 7.04. The molecule has 1 aliphatic heterocycles. The normalized spacial score (nSPS) is 16.2. The van der Waals surface area contributed by atoms with Crippen LogP contribution in [0.3, 0.4) is 0 Å². The fourth-order valence-electron chi connectivity index (χ4n) is 2.32. The lowest BCUT2D eigenvalue weighted by Gasteiger charge is -2.34. The molecule has 20 heavy (non-hydrogen) atoms. The van der Waals surface area contributed by atoms with Crippen molar-refractivity contribution < 1.29 is 9.53 Å². The Bertz CT molecular complexity index is 442. The Morgan fingerprint density at radius 2 is 2.05 bits per heavy atom. The van der Waals surface area contributed by atoms with Gasteiger partial charge >= 0.3 is 6.03 Å². The molecule has 110 valence electrons. The Labute approximate surface area is 120 Å². The molecule has 1 N–H and O–H groups in total. The molecular weight excluding hydrogens is 254 g/mol.